The van der Waals surface area contributed by atoms with Gasteiger partial charge >= 0.3 is 0 Å². The van der Waals surface area contributed by atoms with Crippen molar-refractivity contribution in [1.29, 1.82) is 0 Å². The molecule has 1 spiro atoms. The van der Waals surface area contributed by atoms with E-state index in [2.05, 4.69) is 18.7 Å². The molecule has 1 heterocycles. The zero-order valence-electron chi connectivity index (χ0n) is 14.4. The van der Waals surface area contributed by atoms with Gasteiger partial charge in [0.15, 0.2) is 0 Å². The summed E-state index contributed by atoms with van der Waals surface area (Å²) in [5.41, 5.74) is 7.84. The van der Waals surface area contributed by atoms with E-state index in [1.807, 2.05) is 0 Å². The molecule has 1 saturated heterocycles. The smallest absolute Gasteiger partial charge is 0.0336 e. The maximum atomic E-state index is 6.32. The molecule has 3 rings (SSSR count). The number of piperidine rings is 1. The zero-order valence-corrected chi connectivity index (χ0v) is 14.4. The Kier molecular flexibility index (Phi) is 4.40. The number of likely N-dealkylation sites (tertiary alicyclic amines) is 1. The van der Waals surface area contributed by atoms with Gasteiger partial charge in [-0.3, -0.25) is 4.90 Å². The van der Waals surface area contributed by atoms with E-state index >= 15 is 0 Å². The normalized spacial score (nSPS) is 36.7. The Hall–Kier alpha value is -0.0800. The van der Waals surface area contributed by atoms with E-state index in [-0.39, 0.29) is 0 Å². The average Bonchev–Trinajstić information content (AvgIpc) is 2.47. The van der Waals surface area contributed by atoms with Gasteiger partial charge in [0.2, 0.25) is 0 Å². The summed E-state index contributed by atoms with van der Waals surface area (Å²) in [4.78, 5) is 2.81. The molecule has 3 aliphatic rings. The highest BCUT2D eigenvalue weighted by Crippen LogP contribution is 2.49. The van der Waals surface area contributed by atoms with Gasteiger partial charge in [-0.2, -0.15) is 0 Å². The first-order chi connectivity index (χ1) is 9.99. The first kappa shape index (κ1) is 15.8. The van der Waals surface area contributed by atoms with Gasteiger partial charge in [-0.25, -0.2) is 0 Å². The van der Waals surface area contributed by atoms with Crippen molar-refractivity contribution in [1.82, 2.24) is 4.90 Å². The fraction of sp³-hybridized carbons (Fsp3) is 1.00. The molecule has 1 aliphatic heterocycles. The maximum Gasteiger partial charge on any atom is 0.0336 e. The monoisotopic (exact) mass is 292 g/mol. The Morgan fingerprint density at radius 1 is 0.810 bits per heavy atom. The molecule has 2 aliphatic carbocycles. The Morgan fingerprint density at radius 2 is 1.48 bits per heavy atom. The molecular weight excluding hydrogens is 256 g/mol. The van der Waals surface area contributed by atoms with Crippen molar-refractivity contribution in [3.05, 3.63) is 0 Å². The van der Waals surface area contributed by atoms with Crippen LogP contribution in [0.1, 0.15) is 84.5 Å². The van der Waals surface area contributed by atoms with Crippen LogP contribution in [0.2, 0.25) is 0 Å². The molecule has 3 fully saturated rings. The van der Waals surface area contributed by atoms with Crippen LogP contribution in [0, 0.1) is 10.8 Å². The number of hydrogen-bond donors (Lipinski definition) is 1. The first-order valence-corrected chi connectivity index (χ1v) is 9.45. The number of rotatable bonds is 2. The van der Waals surface area contributed by atoms with Gasteiger partial charge in [-0.15, -0.1) is 0 Å². The molecule has 1 unspecified atom stereocenters. The molecule has 0 aromatic heterocycles. The van der Waals surface area contributed by atoms with Crippen LogP contribution in [-0.2, 0) is 0 Å². The van der Waals surface area contributed by atoms with Crippen LogP contribution in [0.4, 0.5) is 0 Å². The molecule has 0 radical (unpaired) electrons. The number of nitrogens with two attached hydrogens (primary N) is 1. The molecular formula is C19H36N2. The van der Waals surface area contributed by atoms with E-state index in [9.17, 15) is 0 Å². The van der Waals surface area contributed by atoms with Crippen molar-refractivity contribution in [2.75, 3.05) is 19.6 Å². The van der Waals surface area contributed by atoms with E-state index in [0.29, 0.717) is 16.4 Å². The quantitative estimate of drug-likeness (QED) is 0.821. The second-order valence-electron chi connectivity index (χ2n) is 9.17. The molecule has 1 atom stereocenters. The molecule has 2 heteroatoms. The van der Waals surface area contributed by atoms with E-state index in [1.165, 1.54) is 83.7 Å². The lowest BCUT2D eigenvalue weighted by Crippen LogP contribution is -2.60. The van der Waals surface area contributed by atoms with Crippen molar-refractivity contribution in [3.63, 3.8) is 0 Å². The van der Waals surface area contributed by atoms with Gasteiger partial charge < -0.3 is 5.73 Å². The molecule has 122 valence electrons. The Labute approximate surface area is 131 Å². The van der Waals surface area contributed by atoms with Gasteiger partial charge in [0.25, 0.3) is 0 Å². The Bertz CT molecular complexity index is 347. The molecule has 0 amide bonds. The molecule has 2 nitrogen and oxygen atoms in total. The van der Waals surface area contributed by atoms with Crippen LogP contribution >= 0.6 is 0 Å². The van der Waals surface area contributed by atoms with Crippen LogP contribution in [0.5, 0.6) is 0 Å². The lowest BCUT2D eigenvalue weighted by molar-refractivity contribution is -0.0370. The third-order valence-electron chi connectivity index (χ3n) is 7.09. The summed E-state index contributed by atoms with van der Waals surface area (Å²) in [5, 5.41) is 0. The van der Waals surface area contributed by atoms with E-state index in [1.54, 1.807) is 0 Å². The summed E-state index contributed by atoms with van der Waals surface area (Å²) < 4.78 is 0. The first-order valence-electron chi connectivity index (χ1n) is 9.45. The highest BCUT2D eigenvalue weighted by molar-refractivity contribution is 5.02. The van der Waals surface area contributed by atoms with Gasteiger partial charge in [0.05, 0.1) is 0 Å². The van der Waals surface area contributed by atoms with E-state index in [4.69, 9.17) is 5.73 Å². The molecule has 0 aromatic carbocycles. The summed E-state index contributed by atoms with van der Waals surface area (Å²) in [7, 11) is 0. The minimum absolute atomic E-state index is 0.317. The molecule has 0 aromatic rings. The zero-order chi connectivity index (χ0) is 15.0. The van der Waals surface area contributed by atoms with Crippen molar-refractivity contribution < 1.29 is 0 Å². The highest BCUT2D eigenvalue weighted by Gasteiger charge is 2.46. The predicted molar refractivity (Wildman–Crippen MR) is 90.4 cm³/mol. The summed E-state index contributed by atoms with van der Waals surface area (Å²) in [6, 6.07) is 0. The van der Waals surface area contributed by atoms with Crippen molar-refractivity contribution in [2.45, 2.75) is 90.0 Å². The predicted octanol–water partition coefficient (Wildman–Crippen LogP) is 4.33. The third kappa shape index (κ3) is 3.17. The molecule has 0 bridgehead atoms. The molecule has 2 saturated carbocycles. The third-order valence-corrected chi connectivity index (χ3v) is 7.09. The second-order valence-corrected chi connectivity index (χ2v) is 9.17. The van der Waals surface area contributed by atoms with Crippen LogP contribution in [-0.4, -0.2) is 30.1 Å². The lowest BCUT2D eigenvalue weighted by Gasteiger charge is -2.55. The Balaban J connectivity index is 1.66. The fourth-order valence-corrected chi connectivity index (χ4v) is 5.79. The standard InChI is InChI=1S/C19H36N2/c1-17(2)7-6-10-19(15-17,16-20)21-13-11-18(12-14-21)8-4-3-5-9-18/h3-16,20H2,1-2H3. The fourth-order valence-electron chi connectivity index (χ4n) is 5.79. The lowest BCUT2D eigenvalue weighted by atomic mass is 9.64. The van der Waals surface area contributed by atoms with Crippen molar-refractivity contribution in [3.8, 4) is 0 Å². The SMILES string of the molecule is CC1(C)CCCC(CN)(N2CCC3(CCCCC3)CC2)C1. The largest absolute Gasteiger partial charge is 0.329 e. The van der Waals surface area contributed by atoms with Crippen LogP contribution in [0.15, 0.2) is 0 Å². The Morgan fingerprint density at radius 3 is 2.05 bits per heavy atom. The van der Waals surface area contributed by atoms with Gasteiger partial charge in [-0.1, -0.05) is 39.5 Å². The van der Waals surface area contributed by atoms with Crippen LogP contribution in [0.25, 0.3) is 0 Å². The summed E-state index contributed by atoms with van der Waals surface area (Å²) in [6.45, 7) is 8.39. The summed E-state index contributed by atoms with van der Waals surface area (Å²) >= 11 is 0. The summed E-state index contributed by atoms with van der Waals surface area (Å²) in [6.07, 6.45) is 15.7. The van der Waals surface area contributed by atoms with Gasteiger partial charge in [0.1, 0.15) is 0 Å². The maximum absolute atomic E-state index is 6.32. The van der Waals surface area contributed by atoms with E-state index in [0.717, 1.165) is 6.54 Å². The number of hydrogen-bond acceptors (Lipinski definition) is 2. The highest BCUT2D eigenvalue weighted by atomic mass is 15.2. The number of nitrogens with zero attached hydrogens (tertiary/aromatic N) is 1. The van der Waals surface area contributed by atoms with Crippen LogP contribution < -0.4 is 5.73 Å². The van der Waals surface area contributed by atoms with Gasteiger partial charge in [-0.05, 0) is 68.9 Å². The average molecular weight is 293 g/mol. The second kappa shape index (κ2) is 5.85. The summed E-state index contributed by atoms with van der Waals surface area (Å²) in [5.74, 6) is 0. The van der Waals surface area contributed by atoms with Crippen molar-refractivity contribution in [2.24, 2.45) is 16.6 Å². The minimum atomic E-state index is 0.317. The molecule has 21 heavy (non-hydrogen) atoms. The van der Waals surface area contributed by atoms with Crippen molar-refractivity contribution >= 4 is 0 Å². The molecule has 2 N–H and O–H groups in total. The minimum Gasteiger partial charge on any atom is -0.329 e. The van der Waals surface area contributed by atoms with Gasteiger partial charge in [0, 0.05) is 12.1 Å². The van der Waals surface area contributed by atoms with Crippen LogP contribution in [0.3, 0.4) is 0 Å². The topological polar surface area (TPSA) is 29.3 Å². The van der Waals surface area contributed by atoms with E-state index < -0.39 is 0 Å².